The second-order valence-corrected chi connectivity index (χ2v) is 6.85. The summed E-state index contributed by atoms with van der Waals surface area (Å²) in [7, 11) is -2.42. The second kappa shape index (κ2) is 3.81. The van der Waals surface area contributed by atoms with Gasteiger partial charge in [0.25, 0.3) is 0 Å². The number of fused-ring (bicyclic) bond motifs is 1. The molecule has 0 spiro atoms. The molecule has 0 radical (unpaired) electrons. The maximum absolute atomic E-state index is 12.0. The van der Waals surface area contributed by atoms with E-state index < -0.39 is 9.92 Å². The Morgan fingerprint density at radius 1 is 1.36 bits per heavy atom. The minimum absolute atomic E-state index is 0.548. The molecule has 1 aliphatic heterocycles. The van der Waals surface area contributed by atoms with E-state index in [0.717, 1.165) is 31.3 Å². The molecule has 1 heterocycles. The molecule has 0 bridgehead atoms. The minimum Gasteiger partial charge on any atom is -0.240 e. The molecule has 2 fully saturated rings. The van der Waals surface area contributed by atoms with Crippen molar-refractivity contribution in [3.63, 3.8) is 0 Å². The highest BCUT2D eigenvalue weighted by atomic mass is 32.2. The lowest BCUT2D eigenvalue weighted by Crippen LogP contribution is -2.30. The van der Waals surface area contributed by atoms with Crippen LogP contribution >= 0.6 is 0 Å². The van der Waals surface area contributed by atoms with Gasteiger partial charge in [-0.15, -0.1) is 0 Å². The largest absolute Gasteiger partial charge is 0.240 e. The summed E-state index contributed by atoms with van der Waals surface area (Å²) in [5, 5.41) is 0. The third-order valence-corrected chi connectivity index (χ3v) is 5.68. The lowest BCUT2D eigenvalue weighted by Gasteiger charge is -2.19. The molecule has 2 aliphatic rings. The lowest BCUT2D eigenvalue weighted by molar-refractivity contribution is 0.477. The summed E-state index contributed by atoms with van der Waals surface area (Å²) in [4.78, 5) is 0. The summed E-state index contributed by atoms with van der Waals surface area (Å²) in [5.74, 6) is 2.04. The van der Waals surface area contributed by atoms with Crippen molar-refractivity contribution in [3.8, 4) is 0 Å². The van der Waals surface area contributed by atoms with Crippen LogP contribution < -0.4 is 0 Å². The summed E-state index contributed by atoms with van der Waals surface area (Å²) >= 11 is 0. The molecule has 0 aromatic heterocycles. The predicted molar refractivity (Wildman–Crippen MR) is 58.4 cm³/mol. The number of rotatable bonds is 3. The number of hydrogen-bond acceptors (Lipinski definition) is 2. The molecular formula is C10H20N2OS. The van der Waals surface area contributed by atoms with Gasteiger partial charge in [0, 0.05) is 18.8 Å². The highest BCUT2D eigenvalue weighted by Gasteiger charge is 2.39. The molecule has 14 heavy (non-hydrogen) atoms. The topological polar surface area (TPSA) is 44.2 Å². The first-order valence-electron chi connectivity index (χ1n) is 5.65. The molecule has 1 N–H and O–H groups in total. The van der Waals surface area contributed by atoms with Gasteiger partial charge in [0.15, 0.2) is 0 Å². The van der Waals surface area contributed by atoms with E-state index in [2.05, 4.69) is 0 Å². The van der Waals surface area contributed by atoms with Crippen molar-refractivity contribution in [1.29, 1.82) is 4.78 Å². The first kappa shape index (κ1) is 10.4. The van der Waals surface area contributed by atoms with Gasteiger partial charge in [-0.3, -0.25) is 0 Å². The summed E-state index contributed by atoms with van der Waals surface area (Å²) in [6.07, 6.45) is 4.79. The van der Waals surface area contributed by atoms with E-state index in [9.17, 15) is 4.21 Å². The van der Waals surface area contributed by atoms with Crippen molar-refractivity contribution < 1.29 is 4.21 Å². The lowest BCUT2D eigenvalue weighted by atomic mass is 10.0. The third kappa shape index (κ3) is 1.82. The second-order valence-electron chi connectivity index (χ2n) is 4.64. The molecular weight excluding hydrogens is 196 g/mol. The molecule has 0 aromatic rings. The monoisotopic (exact) mass is 216 g/mol. The fraction of sp³-hybridized carbons (Fsp3) is 1.00. The van der Waals surface area contributed by atoms with Crippen LogP contribution in [-0.2, 0) is 9.92 Å². The number of nitrogens with one attached hydrogen (secondary N) is 1. The molecule has 2 rings (SSSR count). The SMILES string of the molecule is CCCS(=N)(=O)N1CC2CCCC2C1. The van der Waals surface area contributed by atoms with Crippen LogP contribution in [0, 0.1) is 16.6 Å². The molecule has 1 aliphatic carbocycles. The van der Waals surface area contributed by atoms with Gasteiger partial charge in [-0.25, -0.2) is 13.3 Å². The van der Waals surface area contributed by atoms with E-state index in [0.29, 0.717) is 5.75 Å². The van der Waals surface area contributed by atoms with Crippen LogP contribution in [0.4, 0.5) is 0 Å². The van der Waals surface area contributed by atoms with Gasteiger partial charge < -0.3 is 0 Å². The summed E-state index contributed by atoms with van der Waals surface area (Å²) in [5.41, 5.74) is 0. The Morgan fingerprint density at radius 2 is 1.93 bits per heavy atom. The minimum atomic E-state index is -2.42. The predicted octanol–water partition coefficient (Wildman–Crippen LogP) is 2.09. The molecule has 0 amide bonds. The maximum atomic E-state index is 12.0. The van der Waals surface area contributed by atoms with Gasteiger partial charge in [-0.2, -0.15) is 0 Å². The van der Waals surface area contributed by atoms with Gasteiger partial charge in [-0.1, -0.05) is 13.3 Å². The first-order valence-corrected chi connectivity index (χ1v) is 7.33. The van der Waals surface area contributed by atoms with Crippen molar-refractivity contribution in [2.45, 2.75) is 32.6 Å². The van der Waals surface area contributed by atoms with Crippen molar-refractivity contribution in [2.24, 2.45) is 11.8 Å². The van der Waals surface area contributed by atoms with Crippen LogP contribution in [0.1, 0.15) is 32.6 Å². The van der Waals surface area contributed by atoms with Crippen LogP contribution in [0.3, 0.4) is 0 Å². The van der Waals surface area contributed by atoms with Crippen molar-refractivity contribution >= 4 is 9.92 Å². The zero-order chi connectivity index (χ0) is 10.2. The fourth-order valence-corrected chi connectivity index (χ4v) is 4.51. The Labute approximate surface area is 87.0 Å². The quantitative estimate of drug-likeness (QED) is 0.771. The summed E-state index contributed by atoms with van der Waals surface area (Å²) in [6, 6.07) is 0. The third-order valence-electron chi connectivity index (χ3n) is 3.59. The Bertz CT molecular complexity index is 287. The van der Waals surface area contributed by atoms with Gasteiger partial charge in [0.2, 0.25) is 0 Å². The van der Waals surface area contributed by atoms with E-state index >= 15 is 0 Å². The van der Waals surface area contributed by atoms with Gasteiger partial charge in [0.05, 0.1) is 0 Å². The molecule has 3 nitrogen and oxygen atoms in total. The molecule has 3 unspecified atom stereocenters. The zero-order valence-electron chi connectivity index (χ0n) is 8.87. The van der Waals surface area contributed by atoms with Crippen LogP contribution in [0.5, 0.6) is 0 Å². The Hall–Kier alpha value is -0.0900. The van der Waals surface area contributed by atoms with Crippen LogP contribution in [0.15, 0.2) is 0 Å². The van der Waals surface area contributed by atoms with Crippen LogP contribution in [0.25, 0.3) is 0 Å². The van der Waals surface area contributed by atoms with E-state index in [4.69, 9.17) is 4.78 Å². The van der Waals surface area contributed by atoms with E-state index in [1.807, 2.05) is 11.2 Å². The van der Waals surface area contributed by atoms with Crippen LogP contribution in [-0.4, -0.2) is 27.4 Å². The van der Waals surface area contributed by atoms with Crippen molar-refractivity contribution in [3.05, 3.63) is 0 Å². The summed E-state index contributed by atoms with van der Waals surface area (Å²) in [6.45, 7) is 3.85. The Morgan fingerprint density at radius 3 is 2.43 bits per heavy atom. The smallest absolute Gasteiger partial charge is 0.107 e. The fourth-order valence-electron chi connectivity index (χ4n) is 2.84. The Kier molecular flexibility index (Phi) is 2.84. The average molecular weight is 216 g/mol. The first-order chi connectivity index (χ1) is 6.63. The van der Waals surface area contributed by atoms with E-state index in [-0.39, 0.29) is 0 Å². The maximum Gasteiger partial charge on any atom is 0.107 e. The molecule has 1 saturated heterocycles. The zero-order valence-corrected chi connectivity index (χ0v) is 9.68. The normalized spacial score (nSPS) is 36.9. The molecule has 1 saturated carbocycles. The molecule has 0 aromatic carbocycles. The van der Waals surface area contributed by atoms with E-state index in [1.54, 1.807) is 0 Å². The number of hydrogen-bond donors (Lipinski definition) is 1. The highest BCUT2D eigenvalue weighted by Crippen LogP contribution is 2.38. The van der Waals surface area contributed by atoms with E-state index in [1.165, 1.54) is 19.3 Å². The van der Waals surface area contributed by atoms with Crippen molar-refractivity contribution in [2.75, 3.05) is 18.8 Å². The standard InChI is InChI=1S/C10H20N2OS/c1-2-6-14(11,13)12-7-9-4-3-5-10(9)8-12/h9-11H,2-8H2,1H3. The van der Waals surface area contributed by atoms with Gasteiger partial charge >= 0.3 is 0 Å². The molecule has 82 valence electrons. The summed E-state index contributed by atoms with van der Waals surface area (Å²) < 4.78 is 21.8. The van der Waals surface area contributed by atoms with Gasteiger partial charge in [-0.05, 0) is 31.1 Å². The molecule has 3 atom stereocenters. The van der Waals surface area contributed by atoms with Crippen molar-refractivity contribution in [1.82, 2.24) is 4.31 Å². The number of nitrogens with zero attached hydrogens (tertiary/aromatic N) is 1. The molecule has 4 heteroatoms. The Balaban J connectivity index is 2.02. The highest BCUT2D eigenvalue weighted by molar-refractivity contribution is 7.90. The van der Waals surface area contributed by atoms with Gasteiger partial charge in [0.1, 0.15) is 9.92 Å². The van der Waals surface area contributed by atoms with Crippen LogP contribution in [0.2, 0.25) is 0 Å². The average Bonchev–Trinajstić information content (AvgIpc) is 2.60.